The number of aryl methyl sites for hydroxylation is 2. The summed E-state index contributed by atoms with van der Waals surface area (Å²) < 4.78 is 5.44. The van der Waals surface area contributed by atoms with E-state index >= 15 is 0 Å². The Labute approximate surface area is 338 Å². The second-order valence-electron chi connectivity index (χ2n) is 16.5. The van der Waals surface area contributed by atoms with Gasteiger partial charge in [-0.25, -0.2) is 4.98 Å². The molecule has 57 heavy (non-hydrogen) atoms. The number of nitrogens with zero attached hydrogens (tertiary/aromatic N) is 1. The van der Waals surface area contributed by atoms with Crippen molar-refractivity contribution < 1.29 is 29.6 Å². The molecule has 1 saturated heterocycles. The third-order valence-corrected chi connectivity index (χ3v) is 12.5. The number of Topliss-reactive ketones (excluding diaryl/α,β-unsaturated/α-hetero) is 2. The van der Waals surface area contributed by atoms with Crippen LogP contribution in [0, 0.1) is 29.6 Å². The molecule has 3 aromatic rings. The van der Waals surface area contributed by atoms with E-state index in [0.29, 0.717) is 80.2 Å². The Kier molecular flexibility index (Phi) is 15.0. The first kappa shape index (κ1) is 42.1. The Morgan fingerprint density at radius 1 is 1.04 bits per heavy atom. The SMILES string of the molecule is CCc1cnc(N)cc1C(C=Cc1ccccc1)CC(O)CCC1C#CC(C(O)CCCCC2CNC3CC(=O)CCC3C2)C(=O)CCc2cc(OC)c(O)cc21. The number of ketones is 2. The summed E-state index contributed by atoms with van der Waals surface area (Å²) in [5.41, 5.74) is 11.0. The highest BCUT2D eigenvalue weighted by molar-refractivity contribution is 5.85. The molecule has 2 heterocycles. The van der Waals surface area contributed by atoms with Crippen molar-refractivity contribution in [3.63, 3.8) is 0 Å². The molecule has 6 N–H and O–H groups in total. The summed E-state index contributed by atoms with van der Waals surface area (Å²) >= 11 is 0. The normalized spacial score (nSPS) is 23.9. The van der Waals surface area contributed by atoms with E-state index in [9.17, 15) is 24.9 Å². The predicted molar refractivity (Wildman–Crippen MR) is 225 cm³/mol. The summed E-state index contributed by atoms with van der Waals surface area (Å²) in [5, 5.41) is 37.6. The predicted octanol–water partition coefficient (Wildman–Crippen LogP) is 7.46. The number of unbranched alkanes of at least 4 members (excludes halogenated alkanes) is 1. The fourth-order valence-electron chi connectivity index (χ4n) is 9.24. The molecular formula is C48H61N3O6. The molecule has 3 aliphatic rings. The van der Waals surface area contributed by atoms with Gasteiger partial charge < -0.3 is 31.1 Å². The number of carbonyl (C=O) groups is 2. The number of aromatic hydroxyl groups is 1. The molecule has 0 spiro atoms. The maximum absolute atomic E-state index is 13.7. The van der Waals surface area contributed by atoms with E-state index in [0.717, 1.165) is 72.9 Å². The summed E-state index contributed by atoms with van der Waals surface area (Å²) in [4.78, 5) is 29.9. The minimum atomic E-state index is -0.878. The molecule has 1 aromatic heterocycles. The van der Waals surface area contributed by atoms with Crippen LogP contribution in [0.4, 0.5) is 5.82 Å². The van der Waals surface area contributed by atoms with E-state index in [4.69, 9.17) is 10.5 Å². The van der Waals surface area contributed by atoms with Crippen LogP contribution < -0.4 is 15.8 Å². The minimum absolute atomic E-state index is 0.0000900. The number of carbonyl (C=O) groups excluding carboxylic acids is 2. The number of phenols is 1. The zero-order valence-electron chi connectivity index (χ0n) is 33.7. The van der Waals surface area contributed by atoms with E-state index in [2.05, 4.69) is 41.2 Å². The summed E-state index contributed by atoms with van der Waals surface area (Å²) in [6.07, 6.45) is 14.1. The topological polar surface area (TPSA) is 155 Å². The molecule has 9 heteroatoms. The first-order valence-electron chi connectivity index (χ1n) is 21.1. The van der Waals surface area contributed by atoms with E-state index in [1.54, 1.807) is 12.1 Å². The zero-order valence-corrected chi connectivity index (χ0v) is 33.7. The largest absolute Gasteiger partial charge is 0.504 e. The first-order chi connectivity index (χ1) is 27.6. The average Bonchev–Trinajstić information content (AvgIpc) is 3.27. The fourth-order valence-corrected chi connectivity index (χ4v) is 9.24. The van der Waals surface area contributed by atoms with Crippen molar-refractivity contribution in [1.82, 2.24) is 10.3 Å². The summed E-state index contributed by atoms with van der Waals surface area (Å²) in [6.45, 7) is 3.02. The molecule has 0 bridgehead atoms. The van der Waals surface area contributed by atoms with Crippen LogP contribution in [-0.4, -0.2) is 63.8 Å². The number of nitrogens with two attached hydrogens (primary N) is 1. The molecule has 0 radical (unpaired) electrons. The molecule has 0 amide bonds. The van der Waals surface area contributed by atoms with Crippen LogP contribution in [0.3, 0.4) is 0 Å². The second-order valence-corrected chi connectivity index (χ2v) is 16.5. The molecule has 304 valence electrons. The molecule has 2 fully saturated rings. The number of hydrogen-bond acceptors (Lipinski definition) is 9. The number of fused-ring (bicyclic) bond motifs is 2. The molecule has 1 aliphatic heterocycles. The molecule has 2 aliphatic carbocycles. The number of benzene rings is 2. The van der Waals surface area contributed by atoms with Gasteiger partial charge in [0.05, 0.1) is 19.3 Å². The smallest absolute Gasteiger partial charge is 0.160 e. The Morgan fingerprint density at radius 2 is 1.86 bits per heavy atom. The quantitative estimate of drug-likeness (QED) is 0.0737. The Hall–Kier alpha value is -4.49. The summed E-state index contributed by atoms with van der Waals surface area (Å²) in [6, 6.07) is 15.8. The summed E-state index contributed by atoms with van der Waals surface area (Å²) in [7, 11) is 1.50. The number of nitrogen functional groups attached to an aromatic ring is 1. The van der Waals surface area contributed by atoms with Gasteiger partial charge in [0.1, 0.15) is 17.5 Å². The van der Waals surface area contributed by atoms with Crippen LogP contribution in [0.2, 0.25) is 0 Å². The fraction of sp³-hybridized carbons (Fsp3) is 0.521. The van der Waals surface area contributed by atoms with Crippen LogP contribution in [0.15, 0.2) is 60.8 Å². The van der Waals surface area contributed by atoms with Gasteiger partial charge in [-0.3, -0.25) is 9.59 Å². The lowest BCUT2D eigenvalue weighted by Crippen LogP contribution is -2.48. The van der Waals surface area contributed by atoms with Gasteiger partial charge in [-0.15, -0.1) is 0 Å². The molecular weight excluding hydrogens is 715 g/mol. The van der Waals surface area contributed by atoms with Crippen LogP contribution in [0.5, 0.6) is 11.5 Å². The van der Waals surface area contributed by atoms with E-state index in [-0.39, 0.29) is 29.8 Å². The van der Waals surface area contributed by atoms with E-state index in [1.807, 2.05) is 42.6 Å². The molecule has 8 unspecified atom stereocenters. The highest BCUT2D eigenvalue weighted by Gasteiger charge is 2.35. The highest BCUT2D eigenvalue weighted by atomic mass is 16.5. The number of piperidine rings is 1. The molecule has 1 saturated carbocycles. The minimum Gasteiger partial charge on any atom is -0.504 e. The first-order valence-corrected chi connectivity index (χ1v) is 21.1. The highest BCUT2D eigenvalue weighted by Crippen LogP contribution is 2.38. The van der Waals surface area contributed by atoms with Crippen molar-refractivity contribution in [3.8, 4) is 23.3 Å². The second kappa shape index (κ2) is 20.3. The lowest BCUT2D eigenvalue weighted by molar-refractivity contribution is -0.124. The number of hydrogen-bond donors (Lipinski definition) is 5. The van der Waals surface area contributed by atoms with Gasteiger partial charge in [0.15, 0.2) is 17.3 Å². The zero-order chi connectivity index (χ0) is 40.3. The number of anilines is 1. The number of pyridine rings is 1. The van der Waals surface area contributed by atoms with Crippen molar-refractivity contribution in [2.75, 3.05) is 19.4 Å². The van der Waals surface area contributed by atoms with Crippen molar-refractivity contribution in [3.05, 3.63) is 88.6 Å². The Morgan fingerprint density at radius 3 is 2.65 bits per heavy atom. The third-order valence-electron chi connectivity index (χ3n) is 12.5. The van der Waals surface area contributed by atoms with Crippen molar-refractivity contribution in [1.29, 1.82) is 0 Å². The van der Waals surface area contributed by atoms with E-state index < -0.39 is 18.1 Å². The lowest BCUT2D eigenvalue weighted by atomic mass is 9.74. The number of phenolic OH excluding ortho intramolecular Hbond substituents is 1. The van der Waals surface area contributed by atoms with Crippen LogP contribution in [-0.2, 0) is 22.4 Å². The number of aliphatic hydroxyl groups excluding tert-OH is 2. The van der Waals surface area contributed by atoms with Gasteiger partial charge in [-0.05, 0) is 122 Å². The van der Waals surface area contributed by atoms with Crippen molar-refractivity contribution >= 4 is 23.5 Å². The van der Waals surface area contributed by atoms with Gasteiger partial charge in [0.2, 0.25) is 0 Å². The molecule has 8 atom stereocenters. The van der Waals surface area contributed by atoms with Crippen LogP contribution >= 0.6 is 0 Å². The number of aromatic nitrogens is 1. The third kappa shape index (κ3) is 11.3. The van der Waals surface area contributed by atoms with Gasteiger partial charge in [0.25, 0.3) is 0 Å². The molecule has 9 nitrogen and oxygen atoms in total. The number of rotatable bonds is 16. The van der Waals surface area contributed by atoms with Gasteiger partial charge >= 0.3 is 0 Å². The standard InChI is InChI=1S/C48H61N3O6/c1-3-33-30-51-48(49)28-42(33)35(14-13-31-9-5-4-6-10-31)24-38(52)19-15-34-17-21-40(45(55)22-18-36-25-47(57-2)46(56)27-41(34)36)44(54)12-8-7-11-32-23-37-16-20-39(53)26-43(37)50-29-32/h4-6,9-10,13-14,25,27-28,30,32,34-35,37-38,40,43-44,50,52,54,56H,3,7-8,11-12,15-16,18-20,22-24,26,29H2,1-2H3,(H2,49,51). The number of methoxy groups -OCH3 is 1. The van der Waals surface area contributed by atoms with Crippen LogP contribution in [0.1, 0.15) is 124 Å². The lowest BCUT2D eigenvalue weighted by Gasteiger charge is -2.39. The van der Waals surface area contributed by atoms with Gasteiger partial charge in [-0.2, -0.15) is 0 Å². The molecule has 6 rings (SSSR count). The maximum Gasteiger partial charge on any atom is 0.160 e. The molecule has 2 aromatic carbocycles. The van der Waals surface area contributed by atoms with E-state index in [1.165, 1.54) is 7.11 Å². The summed E-state index contributed by atoms with van der Waals surface area (Å²) in [5.74, 6) is 7.47. The van der Waals surface area contributed by atoms with Gasteiger partial charge in [-0.1, -0.05) is 74.1 Å². The number of nitrogens with one attached hydrogen (secondary N) is 1. The number of ether oxygens (including phenoxy) is 1. The van der Waals surface area contributed by atoms with Crippen molar-refractivity contribution in [2.45, 2.75) is 127 Å². The van der Waals surface area contributed by atoms with Crippen LogP contribution in [0.25, 0.3) is 6.08 Å². The number of allylic oxidation sites excluding steroid dienone is 1. The average molecular weight is 776 g/mol. The van der Waals surface area contributed by atoms with Gasteiger partial charge in [0, 0.05) is 43.3 Å². The van der Waals surface area contributed by atoms with Crippen molar-refractivity contribution in [2.24, 2.45) is 17.8 Å². The monoisotopic (exact) mass is 775 g/mol. The Balaban J connectivity index is 1.14. The Bertz CT molecular complexity index is 1920. The maximum atomic E-state index is 13.7. The number of aliphatic hydroxyl groups is 2.